The second-order valence-electron chi connectivity index (χ2n) is 18.1. The second-order valence-corrected chi connectivity index (χ2v) is 18.1. The molecule has 0 radical (unpaired) electrons. The molecule has 12 heteroatoms. The van der Waals surface area contributed by atoms with Crippen molar-refractivity contribution >= 4 is 87.2 Å². The van der Waals surface area contributed by atoms with E-state index in [-0.39, 0.29) is 11.0 Å². The van der Waals surface area contributed by atoms with Crippen LogP contribution in [0.5, 0.6) is 0 Å². The van der Waals surface area contributed by atoms with Gasteiger partial charge in [-0.25, -0.2) is 22.0 Å². The molecule has 14 aromatic rings. The lowest BCUT2D eigenvalue weighted by Gasteiger charge is -2.25. The summed E-state index contributed by atoms with van der Waals surface area (Å²) >= 11 is 0. The highest BCUT2D eigenvalue weighted by atomic mass is 19.4. The van der Waals surface area contributed by atoms with E-state index in [0.29, 0.717) is 44.0 Å². The molecule has 14 rings (SSSR count). The standard InChI is InChI=1S/C61H32F8N4/c62-55-53(56(63)58(65)59(66)57(55)64)43-29-30-50(72-48-23-11-5-17-39(48)41-27-25-33(31-51(41)72)70-44-19-7-1-13-35(44)36-14-2-8-20-45(36)70)54(61(67,68)69)60(43)73-49-24-12-6-18-40(49)42-28-26-34(32-52(42)73)71-46-21-9-3-15-37(46)38-16-4-10-22-47(38)71/h1-32H. The SMILES string of the molecule is Fc1c(F)c(F)c(-c2ccc(-n3c4ccccc4c4ccc(-n5c6ccccc6c6ccccc65)cc43)c(C(F)(F)F)c2-n2c3ccccc3c3ccc(-n4c5ccccc5c5ccccc54)cc32)c(F)c1F. The van der Waals surface area contributed by atoms with Gasteiger partial charge in [-0.3, -0.25) is 0 Å². The Balaban J connectivity index is 1.15. The van der Waals surface area contributed by atoms with E-state index >= 15 is 30.7 Å². The van der Waals surface area contributed by atoms with Gasteiger partial charge < -0.3 is 18.3 Å². The minimum Gasteiger partial charge on any atom is -0.309 e. The lowest BCUT2D eigenvalue weighted by atomic mass is 9.95. The van der Waals surface area contributed by atoms with E-state index in [4.69, 9.17) is 0 Å². The van der Waals surface area contributed by atoms with Gasteiger partial charge in [-0.05, 0) is 72.8 Å². The van der Waals surface area contributed by atoms with Gasteiger partial charge in [-0.15, -0.1) is 0 Å². The first-order valence-corrected chi connectivity index (χ1v) is 23.3. The number of aromatic nitrogens is 4. The highest BCUT2D eigenvalue weighted by Gasteiger charge is 2.42. The number of benzene rings is 10. The molecule has 0 saturated heterocycles. The van der Waals surface area contributed by atoms with Crippen LogP contribution in [0.4, 0.5) is 35.1 Å². The van der Waals surface area contributed by atoms with Crippen molar-refractivity contribution in [2.75, 3.05) is 0 Å². The molecule has 0 aliphatic heterocycles. The topological polar surface area (TPSA) is 19.7 Å². The molecule has 0 saturated carbocycles. The van der Waals surface area contributed by atoms with Gasteiger partial charge >= 0.3 is 6.18 Å². The summed E-state index contributed by atoms with van der Waals surface area (Å²) in [6.45, 7) is 0. The quantitative estimate of drug-likeness (QED) is 0.0930. The monoisotopic (exact) mass is 972 g/mol. The number of para-hydroxylation sites is 6. The van der Waals surface area contributed by atoms with Crippen LogP contribution >= 0.6 is 0 Å². The Hall–Kier alpha value is -9.16. The lowest BCUT2D eigenvalue weighted by Crippen LogP contribution is -2.17. The zero-order valence-electron chi connectivity index (χ0n) is 37.8. The first kappa shape index (κ1) is 42.7. The van der Waals surface area contributed by atoms with Gasteiger partial charge in [0.1, 0.15) is 5.56 Å². The summed E-state index contributed by atoms with van der Waals surface area (Å²) < 4.78 is 137. The van der Waals surface area contributed by atoms with Crippen LogP contribution in [0.3, 0.4) is 0 Å². The number of hydrogen-bond acceptors (Lipinski definition) is 0. The molecular formula is C61H32F8N4. The van der Waals surface area contributed by atoms with Crippen LogP contribution in [0, 0.1) is 29.1 Å². The van der Waals surface area contributed by atoms with Crippen molar-refractivity contribution in [3.8, 4) is 33.9 Å². The van der Waals surface area contributed by atoms with Gasteiger partial charge in [0.15, 0.2) is 23.3 Å². The number of alkyl halides is 3. The summed E-state index contributed by atoms with van der Waals surface area (Å²) in [5.41, 5.74) is 0.522. The van der Waals surface area contributed by atoms with Gasteiger partial charge in [0.25, 0.3) is 0 Å². The van der Waals surface area contributed by atoms with Gasteiger partial charge in [-0.1, -0.05) is 121 Å². The maximum atomic E-state index is 17.1. The fourth-order valence-corrected chi connectivity index (χ4v) is 11.4. The molecular weight excluding hydrogens is 941 g/mol. The summed E-state index contributed by atoms with van der Waals surface area (Å²) in [4.78, 5) is 0. The molecule has 0 bridgehead atoms. The molecule has 10 aromatic carbocycles. The van der Waals surface area contributed by atoms with E-state index in [1.54, 1.807) is 60.7 Å². The molecule has 0 fully saturated rings. The van der Waals surface area contributed by atoms with Crippen LogP contribution in [0.1, 0.15) is 5.56 Å². The number of halogens is 8. The van der Waals surface area contributed by atoms with E-state index in [1.807, 2.05) is 130 Å². The molecule has 4 heterocycles. The largest absolute Gasteiger partial charge is 0.420 e. The molecule has 0 atom stereocenters. The molecule has 4 nitrogen and oxygen atoms in total. The van der Waals surface area contributed by atoms with Crippen molar-refractivity contribution in [2.45, 2.75) is 6.18 Å². The van der Waals surface area contributed by atoms with Gasteiger partial charge in [-0.2, -0.15) is 13.2 Å². The second kappa shape index (κ2) is 15.4. The Morgan fingerprint density at radius 1 is 0.288 bits per heavy atom. The van der Waals surface area contributed by atoms with Crippen LogP contribution in [0.2, 0.25) is 0 Å². The van der Waals surface area contributed by atoms with E-state index in [1.165, 1.54) is 9.13 Å². The van der Waals surface area contributed by atoms with Crippen LogP contribution in [-0.4, -0.2) is 18.3 Å². The van der Waals surface area contributed by atoms with Gasteiger partial charge in [0.2, 0.25) is 5.82 Å². The summed E-state index contributed by atoms with van der Waals surface area (Å²) in [5.74, 6) is -11.6. The smallest absolute Gasteiger partial charge is 0.309 e. The third kappa shape index (κ3) is 5.94. The van der Waals surface area contributed by atoms with Crippen molar-refractivity contribution in [2.24, 2.45) is 0 Å². The first-order valence-electron chi connectivity index (χ1n) is 23.3. The molecule has 352 valence electrons. The van der Waals surface area contributed by atoms with E-state index < -0.39 is 63.3 Å². The normalized spacial score (nSPS) is 12.4. The van der Waals surface area contributed by atoms with Crippen molar-refractivity contribution in [3.05, 3.63) is 229 Å². The zero-order valence-corrected chi connectivity index (χ0v) is 37.8. The number of nitrogens with zero attached hydrogens (tertiary/aromatic N) is 4. The molecule has 0 spiro atoms. The maximum absolute atomic E-state index is 17.1. The van der Waals surface area contributed by atoms with Crippen molar-refractivity contribution in [3.63, 3.8) is 0 Å². The average molecular weight is 973 g/mol. The van der Waals surface area contributed by atoms with Crippen molar-refractivity contribution in [1.82, 2.24) is 18.3 Å². The predicted molar refractivity (Wildman–Crippen MR) is 274 cm³/mol. The molecule has 0 N–H and O–H groups in total. The minimum atomic E-state index is -5.35. The van der Waals surface area contributed by atoms with Crippen LogP contribution < -0.4 is 0 Å². The Bertz CT molecular complexity index is 4550. The fourth-order valence-electron chi connectivity index (χ4n) is 11.4. The summed E-state index contributed by atoms with van der Waals surface area (Å²) in [5, 5.41) is 5.94. The number of fused-ring (bicyclic) bond motifs is 12. The summed E-state index contributed by atoms with van der Waals surface area (Å²) in [6.07, 6.45) is -5.35. The van der Waals surface area contributed by atoms with E-state index in [0.717, 1.165) is 55.7 Å². The zero-order chi connectivity index (χ0) is 49.6. The summed E-state index contributed by atoms with van der Waals surface area (Å²) in [7, 11) is 0. The van der Waals surface area contributed by atoms with Crippen LogP contribution in [-0.2, 0) is 6.18 Å². The van der Waals surface area contributed by atoms with Crippen molar-refractivity contribution < 1.29 is 35.1 Å². The average Bonchev–Trinajstić information content (AvgIpc) is 4.14. The summed E-state index contributed by atoms with van der Waals surface area (Å²) in [6, 6.07) is 57.6. The molecule has 0 aliphatic carbocycles. The highest BCUT2D eigenvalue weighted by molar-refractivity contribution is 6.14. The number of hydrogen-bond donors (Lipinski definition) is 0. The molecule has 4 aromatic heterocycles. The number of rotatable bonds is 5. The fraction of sp³-hybridized carbons (Fsp3) is 0.0164. The third-order valence-corrected chi connectivity index (χ3v) is 14.4. The van der Waals surface area contributed by atoms with Gasteiger partial charge in [0.05, 0.1) is 61.1 Å². The predicted octanol–water partition coefficient (Wildman–Crippen LogP) is 17.5. The van der Waals surface area contributed by atoms with Crippen LogP contribution in [0.25, 0.3) is 121 Å². The van der Waals surface area contributed by atoms with Crippen molar-refractivity contribution in [1.29, 1.82) is 0 Å². The maximum Gasteiger partial charge on any atom is 0.420 e. The molecule has 73 heavy (non-hydrogen) atoms. The molecule has 0 unspecified atom stereocenters. The van der Waals surface area contributed by atoms with E-state index in [2.05, 4.69) is 0 Å². The van der Waals surface area contributed by atoms with Gasteiger partial charge in [0, 0.05) is 60.0 Å². The highest BCUT2D eigenvalue weighted by Crippen LogP contribution is 2.50. The Kier molecular flexibility index (Phi) is 9.02. The molecule has 0 amide bonds. The third-order valence-electron chi connectivity index (χ3n) is 14.4. The minimum absolute atomic E-state index is 0.171. The van der Waals surface area contributed by atoms with Crippen LogP contribution in [0.15, 0.2) is 194 Å². The Morgan fingerprint density at radius 2 is 0.603 bits per heavy atom. The molecule has 0 aliphatic rings. The van der Waals surface area contributed by atoms with E-state index in [9.17, 15) is 4.39 Å². The lowest BCUT2D eigenvalue weighted by molar-refractivity contribution is -0.137. The Morgan fingerprint density at radius 3 is 0.986 bits per heavy atom. The first-order chi connectivity index (χ1) is 35.5. The Labute approximate surface area is 408 Å².